The molecular formula is C17H26O2. The van der Waals surface area contributed by atoms with Crippen molar-refractivity contribution in [1.82, 2.24) is 0 Å². The maximum atomic E-state index is 10.2. The van der Waals surface area contributed by atoms with E-state index in [9.17, 15) is 10.2 Å². The first-order chi connectivity index (χ1) is 9.08. The highest BCUT2D eigenvalue weighted by Crippen LogP contribution is 2.22. The summed E-state index contributed by atoms with van der Waals surface area (Å²) in [6.07, 6.45) is 6.85. The van der Waals surface area contributed by atoms with Crippen LogP contribution < -0.4 is 0 Å². The Labute approximate surface area is 116 Å². The first kappa shape index (κ1) is 15.8. The van der Waals surface area contributed by atoms with E-state index in [1.54, 1.807) is 12.1 Å². The van der Waals surface area contributed by atoms with Gasteiger partial charge in [-0.1, -0.05) is 57.9 Å². The zero-order chi connectivity index (χ0) is 14.3. The molecule has 19 heavy (non-hydrogen) atoms. The number of hydrogen-bond donors (Lipinski definition) is 2. The summed E-state index contributed by atoms with van der Waals surface area (Å²) in [5.74, 6) is 0.963. The van der Waals surface area contributed by atoms with Crippen LogP contribution in [0.2, 0.25) is 0 Å². The van der Waals surface area contributed by atoms with Crippen LogP contribution in [-0.4, -0.2) is 16.3 Å². The van der Waals surface area contributed by atoms with Gasteiger partial charge in [-0.25, -0.2) is 0 Å². The summed E-state index contributed by atoms with van der Waals surface area (Å²) in [5.41, 5.74) is 1.07. The summed E-state index contributed by atoms with van der Waals surface area (Å²) in [5, 5.41) is 19.4. The molecule has 0 heterocycles. The Kier molecular flexibility index (Phi) is 6.65. The Morgan fingerprint density at radius 1 is 1.11 bits per heavy atom. The Morgan fingerprint density at radius 2 is 1.68 bits per heavy atom. The lowest BCUT2D eigenvalue weighted by molar-refractivity contribution is 0.0547. The zero-order valence-corrected chi connectivity index (χ0v) is 12.2. The number of aliphatic hydroxyl groups excluding tert-OH is 1. The topological polar surface area (TPSA) is 40.5 Å². The zero-order valence-electron chi connectivity index (χ0n) is 12.2. The standard InChI is InChI=1S/C17H26O2/c1-4-15(5-2)17(19)13(3)7-6-8-14-9-11-16(18)12-10-14/h6,8-13,15,17-19H,4-5,7H2,1-3H3/b8-6+/t13-,17-/m1/s1. The summed E-state index contributed by atoms with van der Waals surface area (Å²) in [7, 11) is 0. The van der Waals surface area contributed by atoms with Crippen molar-refractivity contribution in [3.8, 4) is 5.75 Å². The summed E-state index contributed by atoms with van der Waals surface area (Å²) >= 11 is 0. The first-order valence-electron chi connectivity index (χ1n) is 7.22. The largest absolute Gasteiger partial charge is 0.508 e. The summed E-state index contributed by atoms with van der Waals surface area (Å²) in [6, 6.07) is 7.13. The smallest absolute Gasteiger partial charge is 0.115 e. The van der Waals surface area contributed by atoms with Gasteiger partial charge in [0.2, 0.25) is 0 Å². The molecule has 0 spiro atoms. The van der Waals surface area contributed by atoms with Crippen LogP contribution in [0.4, 0.5) is 0 Å². The van der Waals surface area contributed by atoms with E-state index in [1.807, 2.05) is 18.2 Å². The third-order valence-electron chi connectivity index (χ3n) is 3.83. The Hall–Kier alpha value is -1.28. The fraction of sp³-hybridized carbons (Fsp3) is 0.529. The average Bonchev–Trinajstić information content (AvgIpc) is 2.42. The van der Waals surface area contributed by atoms with Crippen LogP contribution in [0.15, 0.2) is 30.3 Å². The molecule has 0 saturated carbocycles. The molecule has 0 fully saturated rings. The van der Waals surface area contributed by atoms with E-state index in [0.717, 1.165) is 24.8 Å². The molecule has 0 radical (unpaired) electrons. The van der Waals surface area contributed by atoms with Crippen molar-refractivity contribution in [2.24, 2.45) is 11.8 Å². The van der Waals surface area contributed by atoms with Crippen molar-refractivity contribution in [2.75, 3.05) is 0 Å². The van der Waals surface area contributed by atoms with Gasteiger partial charge in [-0.3, -0.25) is 0 Å². The minimum absolute atomic E-state index is 0.223. The van der Waals surface area contributed by atoms with E-state index in [0.29, 0.717) is 5.92 Å². The molecule has 2 nitrogen and oxygen atoms in total. The van der Waals surface area contributed by atoms with Crippen molar-refractivity contribution >= 4 is 6.08 Å². The average molecular weight is 262 g/mol. The van der Waals surface area contributed by atoms with Crippen molar-refractivity contribution in [3.05, 3.63) is 35.9 Å². The number of phenolic OH excluding ortho intramolecular Hbond substituents is 1. The fourth-order valence-corrected chi connectivity index (χ4v) is 2.38. The van der Waals surface area contributed by atoms with Crippen LogP contribution in [0.25, 0.3) is 6.08 Å². The van der Waals surface area contributed by atoms with Gasteiger partial charge in [0.05, 0.1) is 6.10 Å². The normalized spacial score (nSPS) is 15.0. The first-order valence-corrected chi connectivity index (χ1v) is 7.22. The molecular weight excluding hydrogens is 236 g/mol. The predicted octanol–water partition coefficient (Wildman–Crippen LogP) is 4.23. The number of benzene rings is 1. The Balaban J connectivity index is 2.49. The summed E-state index contributed by atoms with van der Waals surface area (Å²) in [4.78, 5) is 0. The number of aromatic hydroxyl groups is 1. The quantitative estimate of drug-likeness (QED) is 0.772. The van der Waals surface area contributed by atoms with Gasteiger partial charge in [-0.15, -0.1) is 0 Å². The van der Waals surface area contributed by atoms with Crippen LogP contribution in [-0.2, 0) is 0 Å². The molecule has 0 aromatic heterocycles. The van der Waals surface area contributed by atoms with Gasteiger partial charge < -0.3 is 10.2 Å². The molecule has 0 bridgehead atoms. The lowest BCUT2D eigenvalue weighted by Crippen LogP contribution is -2.26. The van der Waals surface area contributed by atoms with Crippen molar-refractivity contribution in [2.45, 2.75) is 46.1 Å². The van der Waals surface area contributed by atoms with Gasteiger partial charge in [0, 0.05) is 0 Å². The molecule has 106 valence electrons. The number of rotatable bonds is 7. The highest BCUT2D eigenvalue weighted by molar-refractivity contribution is 5.50. The van der Waals surface area contributed by atoms with Crippen LogP contribution in [0.3, 0.4) is 0 Å². The summed E-state index contributed by atoms with van der Waals surface area (Å²) in [6.45, 7) is 6.37. The van der Waals surface area contributed by atoms with E-state index in [-0.39, 0.29) is 17.8 Å². The highest BCUT2D eigenvalue weighted by atomic mass is 16.3. The molecule has 2 N–H and O–H groups in total. The van der Waals surface area contributed by atoms with Crippen LogP contribution in [0.1, 0.15) is 45.6 Å². The predicted molar refractivity (Wildman–Crippen MR) is 81.0 cm³/mol. The van der Waals surface area contributed by atoms with E-state index < -0.39 is 0 Å². The molecule has 0 amide bonds. The second kappa shape index (κ2) is 8.00. The molecule has 2 atom stereocenters. The highest BCUT2D eigenvalue weighted by Gasteiger charge is 2.20. The lowest BCUT2D eigenvalue weighted by atomic mass is 9.86. The van der Waals surface area contributed by atoms with Gasteiger partial charge in [-0.05, 0) is 36.0 Å². The van der Waals surface area contributed by atoms with Crippen molar-refractivity contribution in [1.29, 1.82) is 0 Å². The Morgan fingerprint density at radius 3 is 2.21 bits per heavy atom. The van der Waals surface area contributed by atoms with E-state index in [2.05, 4.69) is 26.8 Å². The molecule has 1 aromatic rings. The minimum Gasteiger partial charge on any atom is -0.508 e. The number of phenols is 1. The van der Waals surface area contributed by atoms with Gasteiger partial charge in [0.25, 0.3) is 0 Å². The molecule has 1 aromatic carbocycles. The van der Waals surface area contributed by atoms with Gasteiger partial charge in [0.15, 0.2) is 0 Å². The third kappa shape index (κ3) is 5.07. The van der Waals surface area contributed by atoms with Crippen molar-refractivity contribution in [3.63, 3.8) is 0 Å². The number of aliphatic hydroxyl groups is 1. The third-order valence-corrected chi connectivity index (χ3v) is 3.83. The van der Waals surface area contributed by atoms with Crippen LogP contribution >= 0.6 is 0 Å². The molecule has 1 rings (SSSR count). The molecule has 2 heteroatoms. The van der Waals surface area contributed by atoms with Gasteiger partial charge in [-0.2, -0.15) is 0 Å². The fourth-order valence-electron chi connectivity index (χ4n) is 2.38. The van der Waals surface area contributed by atoms with Crippen molar-refractivity contribution < 1.29 is 10.2 Å². The Bertz CT molecular complexity index is 377. The maximum Gasteiger partial charge on any atom is 0.115 e. The number of allylic oxidation sites excluding steroid dienone is 1. The monoisotopic (exact) mass is 262 g/mol. The minimum atomic E-state index is -0.223. The lowest BCUT2D eigenvalue weighted by Gasteiger charge is -2.25. The molecule has 0 aliphatic rings. The SMILES string of the molecule is CCC(CC)[C@H](O)[C@H](C)C/C=C/c1ccc(O)cc1. The van der Waals surface area contributed by atoms with E-state index in [1.165, 1.54) is 0 Å². The van der Waals surface area contributed by atoms with Gasteiger partial charge in [0.1, 0.15) is 5.75 Å². The van der Waals surface area contributed by atoms with Crippen LogP contribution in [0, 0.1) is 11.8 Å². The number of hydrogen-bond acceptors (Lipinski definition) is 2. The van der Waals surface area contributed by atoms with E-state index in [4.69, 9.17) is 0 Å². The van der Waals surface area contributed by atoms with Crippen LogP contribution in [0.5, 0.6) is 5.75 Å². The molecule has 0 aliphatic carbocycles. The molecule has 0 saturated heterocycles. The summed E-state index contributed by atoms with van der Waals surface area (Å²) < 4.78 is 0. The second-order valence-corrected chi connectivity index (χ2v) is 5.27. The maximum absolute atomic E-state index is 10.2. The molecule has 0 unspecified atom stereocenters. The van der Waals surface area contributed by atoms with Gasteiger partial charge >= 0.3 is 0 Å². The van der Waals surface area contributed by atoms with E-state index >= 15 is 0 Å². The second-order valence-electron chi connectivity index (χ2n) is 5.27. The molecule has 0 aliphatic heterocycles.